The first-order chi connectivity index (χ1) is 14.0. The summed E-state index contributed by atoms with van der Waals surface area (Å²) in [7, 11) is -0.982. The number of ether oxygens (including phenoxy) is 3. The maximum Gasteiger partial charge on any atom is 0.265 e. The molecule has 1 aromatic heterocycles. The van der Waals surface area contributed by atoms with Crippen LogP contribution < -0.4 is 18.9 Å². The van der Waals surface area contributed by atoms with Crippen molar-refractivity contribution in [1.29, 1.82) is 0 Å². The smallest absolute Gasteiger partial charge is 0.265 e. The Balaban J connectivity index is 1.88. The lowest BCUT2D eigenvalue weighted by atomic mass is 10.1. The van der Waals surface area contributed by atoms with Crippen molar-refractivity contribution >= 4 is 15.7 Å². The Hall–Kier alpha value is -3.33. The van der Waals surface area contributed by atoms with Gasteiger partial charge in [-0.05, 0) is 37.3 Å². The number of rotatable bonds is 8. The first-order valence-electron chi connectivity index (χ1n) is 8.78. The van der Waals surface area contributed by atoms with Crippen molar-refractivity contribution in [2.75, 3.05) is 25.5 Å². The van der Waals surface area contributed by atoms with Crippen LogP contribution in [-0.2, 0) is 10.0 Å². The van der Waals surface area contributed by atoms with Crippen LogP contribution in [0.3, 0.4) is 0 Å². The van der Waals surface area contributed by atoms with E-state index in [0.717, 1.165) is 0 Å². The first kappa shape index (κ1) is 20.4. The van der Waals surface area contributed by atoms with E-state index in [0.29, 0.717) is 35.2 Å². The summed E-state index contributed by atoms with van der Waals surface area (Å²) in [6.45, 7) is 2.36. The van der Waals surface area contributed by atoms with Gasteiger partial charge in [0.2, 0.25) is 5.88 Å². The van der Waals surface area contributed by atoms with Crippen molar-refractivity contribution in [3.63, 3.8) is 0 Å². The van der Waals surface area contributed by atoms with Crippen LogP contribution in [0.4, 0.5) is 5.69 Å². The Bertz CT molecular complexity index is 1090. The molecule has 0 radical (unpaired) electrons. The zero-order valence-electron chi connectivity index (χ0n) is 16.2. The zero-order valence-corrected chi connectivity index (χ0v) is 17.1. The summed E-state index contributed by atoms with van der Waals surface area (Å²) in [6.07, 6.45) is 0. The summed E-state index contributed by atoms with van der Waals surface area (Å²) in [5.41, 5.74) is 1.69. The largest absolute Gasteiger partial charge is 0.497 e. The second kappa shape index (κ2) is 8.78. The molecule has 9 heteroatoms. The van der Waals surface area contributed by atoms with Crippen LogP contribution >= 0.6 is 0 Å². The number of methoxy groups -OCH3 is 2. The van der Waals surface area contributed by atoms with Crippen molar-refractivity contribution in [3.05, 3.63) is 54.6 Å². The van der Waals surface area contributed by atoms with Crippen molar-refractivity contribution in [2.45, 2.75) is 11.8 Å². The highest BCUT2D eigenvalue weighted by molar-refractivity contribution is 7.92. The normalized spacial score (nSPS) is 11.0. The van der Waals surface area contributed by atoms with E-state index in [1.54, 1.807) is 36.4 Å². The molecule has 0 fully saturated rings. The Morgan fingerprint density at radius 3 is 2.45 bits per heavy atom. The summed E-state index contributed by atoms with van der Waals surface area (Å²) in [4.78, 5) is 0.00654. The van der Waals surface area contributed by atoms with E-state index < -0.39 is 10.0 Å². The Morgan fingerprint density at radius 2 is 1.79 bits per heavy atom. The van der Waals surface area contributed by atoms with Crippen LogP contribution in [-0.4, -0.2) is 39.4 Å². The van der Waals surface area contributed by atoms with E-state index in [-0.39, 0.29) is 10.6 Å². The minimum absolute atomic E-state index is 0.00654. The summed E-state index contributed by atoms with van der Waals surface area (Å²) >= 11 is 0. The van der Waals surface area contributed by atoms with Gasteiger partial charge in [0, 0.05) is 23.4 Å². The van der Waals surface area contributed by atoms with Crippen molar-refractivity contribution < 1.29 is 22.6 Å². The molecule has 0 aliphatic rings. The van der Waals surface area contributed by atoms with E-state index in [2.05, 4.69) is 14.9 Å². The molecule has 0 saturated heterocycles. The highest BCUT2D eigenvalue weighted by Gasteiger charge is 2.20. The molecule has 0 aliphatic carbocycles. The summed E-state index contributed by atoms with van der Waals surface area (Å²) in [5, 5.41) is 8.12. The Morgan fingerprint density at radius 1 is 0.966 bits per heavy atom. The summed E-state index contributed by atoms with van der Waals surface area (Å²) in [5.74, 6) is 1.11. The van der Waals surface area contributed by atoms with Gasteiger partial charge < -0.3 is 14.2 Å². The molecular formula is C20H21N3O5S. The number of nitrogens with one attached hydrogen (secondary N) is 1. The minimum atomic E-state index is -3.88. The highest BCUT2D eigenvalue weighted by atomic mass is 32.2. The fourth-order valence-electron chi connectivity index (χ4n) is 2.65. The van der Waals surface area contributed by atoms with Gasteiger partial charge in [-0.25, -0.2) is 8.42 Å². The Kier molecular flexibility index (Phi) is 6.18. The van der Waals surface area contributed by atoms with Gasteiger partial charge in [0.25, 0.3) is 10.0 Å². The lowest BCUT2D eigenvalue weighted by Gasteiger charge is -2.13. The molecular weight excluding hydrogens is 394 g/mol. The van der Waals surface area contributed by atoms with E-state index in [4.69, 9.17) is 14.2 Å². The van der Waals surface area contributed by atoms with Gasteiger partial charge >= 0.3 is 0 Å². The van der Waals surface area contributed by atoms with Crippen molar-refractivity contribution in [2.24, 2.45) is 0 Å². The number of nitrogens with zero attached hydrogens (tertiary/aromatic N) is 2. The number of anilines is 1. The lowest BCUT2D eigenvalue weighted by Crippen LogP contribution is -2.14. The molecule has 0 saturated carbocycles. The van der Waals surface area contributed by atoms with E-state index in [9.17, 15) is 8.42 Å². The van der Waals surface area contributed by atoms with Gasteiger partial charge in [-0.2, -0.15) is 0 Å². The molecule has 3 aromatic rings. The minimum Gasteiger partial charge on any atom is -0.497 e. The quantitative estimate of drug-likeness (QED) is 0.602. The monoisotopic (exact) mass is 415 g/mol. The van der Waals surface area contributed by atoms with Crippen LogP contribution in [0.1, 0.15) is 6.92 Å². The highest BCUT2D eigenvalue weighted by Crippen LogP contribution is 2.30. The number of sulfonamides is 1. The van der Waals surface area contributed by atoms with Crippen LogP contribution in [0.15, 0.2) is 59.5 Å². The molecule has 1 heterocycles. The molecule has 0 aliphatic heterocycles. The third-order valence-electron chi connectivity index (χ3n) is 4.00. The summed E-state index contributed by atoms with van der Waals surface area (Å²) < 4.78 is 43.9. The average molecular weight is 415 g/mol. The van der Waals surface area contributed by atoms with Gasteiger partial charge in [0.15, 0.2) is 0 Å². The molecule has 3 rings (SSSR count). The number of hydrogen-bond donors (Lipinski definition) is 1. The molecule has 29 heavy (non-hydrogen) atoms. The molecule has 0 atom stereocenters. The third kappa shape index (κ3) is 4.75. The van der Waals surface area contributed by atoms with Gasteiger partial charge in [-0.1, -0.05) is 12.1 Å². The third-order valence-corrected chi connectivity index (χ3v) is 5.42. The van der Waals surface area contributed by atoms with Crippen LogP contribution in [0.2, 0.25) is 0 Å². The molecule has 0 bridgehead atoms. The molecule has 0 unspecified atom stereocenters. The van der Waals surface area contributed by atoms with Crippen LogP contribution in [0.5, 0.6) is 17.4 Å². The predicted molar refractivity (Wildman–Crippen MR) is 109 cm³/mol. The number of benzene rings is 2. The summed E-state index contributed by atoms with van der Waals surface area (Å²) in [6, 6.07) is 14.9. The fraction of sp³-hybridized carbons (Fsp3) is 0.200. The molecule has 0 spiro atoms. The fourth-order valence-corrected chi connectivity index (χ4v) is 3.85. The van der Waals surface area contributed by atoms with E-state index >= 15 is 0 Å². The first-order valence-corrected chi connectivity index (χ1v) is 10.3. The van der Waals surface area contributed by atoms with Crippen molar-refractivity contribution in [1.82, 2.24) is 10.2 Å². The lowest BCUT2D eigenvalue weighted by molar-refractivity contribution is 0.323. The maximum atomic E-state index is 12.9. The maximum absolute atomic E-state index is 12.9. The zero-order chi connectivity index (χ0) is 20.9. The van der Waals surface area contributed by atoms with Gasteiger partial charge in [-0.3, -0.25) is 4.72 Å². The second-order valence-electron chi connectivity index (χ2n) is 5.89. The second-order valence-corrected chi connectivity index (χ2v) is 7.54. The topological polar surface area (TPSA) is 99.6 Å². The average Bonchev–Trinajstić information content (AvgIpc) is 2.74. The van der Waals surface area contributed by atoms with Crippen molar-refractivity contribution in [3.8, 4) is 28.6 Å². The number of hydrogen-bond acceptors (Lipinski definition) is 7. The van der Waals surface area contributed by atoms with E-state index in [1.807, 2.05) is 13.0 Å². The van der Waals surface area contributed by atoms with Gasteiger partial charge in [-0.15, -0.1) is 10.2 Å². The standard InChI is InChI=1S/C20H21N3O5S/c1-4-28-20-11-9-17(21-22-20)14-6-5-7-15(12-14)23-29(24,25)19-10-8-16(26-2)13-18(19)27-3/h5-13,23H,4H2,1-3H3. The SMILES string of the molecule is CCOc1ccc(-c2cccc(NS(=O)(=O)c3ccc(OC)cc3OC)c2)nn1. The van der Waals surface area contributed by atoms with Crippen LogP contribution in [0.25, 0.3) is 11.3 Å². The molecule has 152 valence electrons. The molecule has 0 amide bonds. The predicted octanol–water partition coefficient (Wildman–Crippen LogP) is 3.36. The van der Waals surface area contributed by atoms with Gasteiger partial charge in [0.05, 0.1) is 26.5 Å². The molecule has 2 aromatic carbocycles. The van der Waals surface area contributed by atoms with Gasteiger partial charge in [0.1, 0.15) is 16.4 Å². The van der Waals surface area contributed by atoms with Crippen LogP contribution in [0, 0.1) is 0 Å². The number of aromatic nitrogens is 2. The molecule has 8 nitrogen and oxygen atoms in total. The Labute approximate surface area is 169 Å². The molecule has 1 N–H and O–H groups in total. The van der Waals surface area contributed by atoms with E-state index in [1.165, 1.54) is 26.4 Å².